The summed E-state index contributed by atoms with van der Waals surface area (Å²) in [4.78, 5) is 40.7. The predicted octanol–water partition coefficient (Wildman–Crippen LogP) is 2.09. The lowest BCUT2D eigenvalue weighted by Gasteiger charge is -2.37. The number of carbonyl (C=O) groups excluding carboxylic acids is 2. The van der Waals surface area contributed by atoms with Crippen molar-refractivity contribution in [2.75, 3.05) is 13.2 Å². The van der Waals surface area contributed by atoms with Crippen LogP contribution >= 0.6 is 0 Å². The predicted molar refractivity (Wildman–Crippen MR) is 118 cm³/mol. The number of nitrogens with one attached hydrogen (secondary N) is 1. The number of aromatic nitrogens is 1. The molecular weight excluding hydrogens is 394 g/mol. The van der Waals surface area contributed by atoms with E-state index in [1.54, 1.807) is 21.6 Å². The third-order valence-electron chi connectivity index (χ3n) is 7.38. The Morgan fingerprint density at radius 1 is 1.23 bits per heavy atom. The van der Waals surface area contributed by atoms with E-state index in [0.29, 0.717) is 30.3 Å². The molecule has 168 valence electrons. The van der Waals surface area contributed by atoms with Crippen LogP contribution in [0.3, 0.4) is 0 Å². The molecule has 3 aliphatic rings. The van der Waals surface area contributed by atoms with Gasteiger partial charge in [0.25, 0.3) is 5.56 Å². The van der Waals surface area contributed by atoms with Crippen LogP contribution in [0.1, 0.15) is 63.3 Å². The zero-order valence-electron chi connectivity index (χ0n) is 18.4. The van der Waals surface area contributed by atoms with E-state index in [4.69, 9.17) is 0 Å². The first-order chi connectivity index (χ1) is 15.0. The number of carbonyl (C=O) groups is 2. The summed E-state index contributed by atoms with van der Waals surface area (Å²) in [6.45, 7) is 4.10. The maximum absolute atomic E-state index is 13.4. The Morgan fingerprint density at radius 3 is 2.61 bits per heavy atom. The number of allylic oxidation sites excluding steroid dienone is 1. The molecule has 3 heterocycles. The van der Waals surface area contributed by atoms with Crippen molar-refractivity contribution in [1.82, 2.24) is 14.8 Å². The number of pyridine rings is 1. The van der Waals surface area contributed by atoms with E-state index < -0.39 is 17.9 Å². The number of amides is 2. The fourth-order valence-corrected chi connectivity index (χ4v) is 5.91. The third-order valence-corrected chi connectivity index (χ3v) is 7.38. The number of aliphatic hydroxyl groups excluding tert-OH is 1. The van der Waals surface area contributed by atoms with Crippen LogP contribution in [0.4, 0.5) is 0 Å². The van der Waals surface area contributed by atoms with E-state index in [9.17, 15) is 19.5 Å². The Morgan fingerprint density at radius 2 is 1.97 bits per heavy atom. The van der Waals surface area contributed by atoms with Crippen molar-refractivity contribution in [1.29, 1.82) is 0 Å². The van der Waals surface area contributed by atoms with Gasteiger partial charge in [0.1, 0.15) is 0 Å². The van der Waals surface area contributed by atoms with Crippen LogP contribution in [-0.4, -0.2) is 45.6 Å². The second kappa shape index (κ2) is 8.99. The minimum Gasteiger partial charge on any atom is -0.396 e. The largest absolute Gasteiger partial charge is 0.396 e. The van der Waals surface area contributed by atoms with Crippen LogP contribution in [-0.2, 0) is 16.1 Å². The second-order valence-electron chi connectivity index (χ2n) is 9.19. The molecule has 4 rings (SSSR count). The molecule has 0 unspecified atom stereocenters. The number of nitrogens with zero attached hydrogens (tertiary/aromatic N) is 2. The Bertz CT molecular complexity index is 931. The van der Waals surface area contributed by atoms with E-state index >= 15 is 0 Å². The van der Waals surface area contributed by atoms with E-state index in [2.05, 4.69) is 5.32 Å². The van der Waals surface area contributed by atoms with Crippen LogP contribution < -0.4 is 10.9 Å². The highest BCUT2D eigenvalue weighted by atomic mass is 16.3. The van der Waals surface area contributed by atoms with Gasteiger partial charge < -0.3 is 19.9 Å². The lowest BCUT2D eigenvalue weighted by atomic mass is 9.85. The highest BCUT2D eigenvalue weighted by Gasteiger charge is 2.56. The monoisotopic (exact) mass is 427 g/mol. The van der Waals surface area contributed by atoms with Gasteiger partial charge in [-0.2, -0.15) is 0 Å². The molecule has 7 nitrogen and oxygen atoms in total. The van der Waals surface area contributed by atoms with Gasteiger partial charge in [0.05, 0.1) is 18.0 Å². The average molecular weight is 428 g/mol. The Kier molecular flexibility index (Phi) is 6.32. The molecule has 0 radical (unpaired) electrons. The quantitative estimate of drug-likeness (QED) is 0.753. The lowest BCUT2D eigenvalue weighted by molar-refractivity contribution is -0.134. The molecule has 1 aromatic rings. The van der Waals surface area contributed by atoms with E-state index in [1.807, 2.05) is 19.1 Å². The van der Waals surface area contributed by atoms with E-state index in [0.717, 1.165) is 12.8 Å². The van der Waals surface area contributed by atoms with Crippen molar-refractivity contribution >= 4 is 17.9 Å². The molecule has 2 N–H and O–H groups in total. The van der Waals surface area contributed by atoms with Gasteiger partial charge in [0.2, 0.25) is 11.8 Å². The summed E-state index contributed by atoms with van der Waals surface area (Å²) in [6.07, 6.45) is 9.52. The maximum atomic E-state index is 13.4. The normalized spacial score (nSPS) is 28.0. The summed E-state index contributed by atoms with van der Waals surface area (Å²) in [7, 11) is 0. The van der Waals surface area contributed by atoms with Crippen LogP contribution in [0.2, 0.25) is 0 Å². The van der Waals surface area contributed by atoms with Crippen molar-refractivity contribution < 1.29 is 14.7 Å². The summed E-state index contributed by atoms with van der Waals surface area (Å²) in [5.41, 5.74) is 1.15. The fourth-order valence-electron chi connectivity index (χ4n) is 5.91. The molecule has 0 spiro atoms. The molecule has 2 bridgehead atoms. The van der Waals surface area contributed by atoms with Crippen molar-refractivity contribution in [3.05, 3.63) is 39.8 Å². The zero-order chi connectivity index (χ0) is 22.1. The van der Waals surface area contributed by atoms with Crippen LogP contribution in [0, 0.1) is 17.8 Å². The third kappa shape index (κ3) is 3.84. The summed E-state index contributed by atoms with van der Waals surface area (Å²) in [6, 6.07) is 2.71. The topological polar surface area (TPSA) is 91.6 Å². The average Bonchev–Trinajstić information content (AvgIpc) is 3.02. The standard InChI is InChI=1S/C24H33N3O4/c1-3-7-17-10-11-19-22-21(23(30)25-12-16-8-5-4-6-9-16)18(14-28)20(27(22)15(2)29)13-26(19)24(17)31/h3,7,10-11,16,18,20-22,28H,4-6,8-9,12-14H2,1-2H3,(H,25,30)/t18-,20-,21+,22+/m1/s1. The molecule has 2 aliphatic heterocycles. The minimum atomic E-state index is -0.566. The van der Waals surface area contributed by atoms with Gasteiger partial charge in [-0.05, 0) is 37.8 Å². The molecule has 1 saturated heterocycles. The van der Waals surface area contributed by atoms with E-state index in [-0.39, 0.29) is 30.0 Å². The Balaban J connectivity index is 1.68. The minimum absolute atomic E-state index is 0.117. The molecule has 7 heteroatoms. The Hall–Kier alpha value is -2.41. The molecule has 1 saturated carbocycles. The maximum Gasteiger partial charge on any atom is 0.258 e. The van der Waals surface area contributed by atoms with Crippen molar-refractivity contribution in [2.24, 2.45) is 17.8 Å². The molecule has 0 aromatic carbocycles. The SMILES string of the molecule is CC=Cc1ccc2n(c1=O)C[C@@H]1[C@@H](CO)[C@H](C(=O)NCC3CCCCC3)[C@H]2N1C(C)=O. The first-order valence-electron chi connectivity index (χ1n) is 11.5. The Labute approximate surface area is 183 Å². The second-order valence-corrected chi connectivity index (χ2v) is 9.19. The molecule has 2 fully saturated rings. The smallest absolute Gasteiger partial charge is 0.258 e. The van der Waals surface area contributed by atoms with Gasteiger partial charge in [-0.1, -0.05) is 31.4 Å². The number of aliphatic hydroxyl groups is 1. The van der Waals surface area contributed by atoms with Gasteiger partial charge >= 0.3 is 0 Å². The van der Waals surface area contributed by atoms with Crippen LogP contribution in [0.15, 0.2) is 23.0 Å². The number of hydrogen-bond donors (Lipinski definition) is 2. The number of hydrogen-bond acceptors (Lipinski definition) is 4. The van der Waals surface area contributed by atoms with Gasteiger partial charge in [0.15, 0.2) is 0 Å². The highest BCUT2D eigenvalue weighted by Crippen LogP contribution is 2.48. The first kappa shape index (κ1) is 21.8. The molecule has 1 aromatic heterocycles. The zero-order valence-corrected chi connectivity index (χ0v) is 18.4. The molecular formula is C24H33N3O4. The fraction of sp³-hybridized carbons (Fsp3) is 0.625. The first-order valence-corrected chi connectivity index (χ1v) is 11.5. The van der Waals surface area contributed by atoms with Crippen molar-refractivity contribution in [3.8, 4) is 0 Å². The van der Waals surface area contributed by atoms with Crippen molar-refractivity contribution in [2.45, 2.75) is 64.6 Å². The molecule has 2 amide bonds. The van der Waals surface area contributed by atoms with E-state index in [1.165, 1.54) is 26.2 Å². The molecule has 4 atom stereocenters. The summed E-state index contributed by atoms with van der Waals surface area (Å²) in [5.74, 6) is -0.727. The summed E-state index contributed by atoms with van der Waals surface area (Å²) >= 11 is 0. The van der Waals surface area contributed by atoms with Gasteiger partial charge in [0, 0.05) is 43.8 Å². The molecule has 1 aliphatic carbocycles. The summed E-state index contributed by atoms with van der Waals surface area (Å²) < 4.78 is 1.70. The van der Waals surface area contributed by atoms with Gasteiger partial charge in [-0.15, -0.1) is 0 Å². The lowest BCUT2D eigenvalue weighted by Crippen LogP contribution is -2.48. The highest BCUT2D eigenvalue weighted by molar-refractivity contribution is 5.83. The number of fused-ring (bicyclic) bond motifs is 4. The summed E-state index contributed by atoms with van der Waals surface area (Å²) in [5, 5.41) is 13.3. The van der Waals surface area contributed by atoms with Gasteiger partial charge in [-0.3, -0.25) is 14.4 Å². The molecule has 31 heavy (non-hydrogen) atoms. The van der Waals surface area contributed by atoms with Gasteiger partial charge in [-0.25, -0.2) is 0 Å². The number of rotatable bonds is 5. The van der Waals surface area contributed by atoms with Crippen LogP contribution in [0.25, 0.3) is 6.08 Å². The van der Waals surface area contributed by atoms with Crippen LogP contribution in [0.5, 0.6) is 0 Å². The van der Waals surface area contributed by atoms with Crippen molar-refractivity contribution in [3.63, 3.8) is 0 Å².